The SMILES string of the molecule is [CH]S(O)(O[C@H](c1ccnc2ccc(OC)cc12)C1CC2CCN1CC2C=C)c1ccc(C)cc1. The van der Waals surface area contributed by atoms with Crippen molar-refractivity contribution in [3.05, 3.63) is 84.8 Å². The van der Waals surface area contributed by atoms with Gasteiger partial charge in [0, 0.05) is 24.2 Å². The van der Waals surface area contributed by atoms with E-state index >= 15 is 0 Å². The van der Waals surface area contributed by atoms with Crippen molar-refractivity contribution in [3.8, 4) is 5.75 Å². The maximum atomic E-state index is 11.4. The Kier molecular flexibility index (Phi) is 6.42. The van der Waals surface area contributed by atoms with Crippen LogP contribution >= 0.6 is 10.6 Å². The zero-order valence-corrected chi connectivity index (χ0v) is 20.6. The summed E-state index contributed by atoms with van der Waals surface area (Å²) >= 11 is 0. The first kappa shape index (κ1) is 23.4. The molecule has 178 valence electrons. The minimum atomic E-state index is -2.99. The molecule has 1 aromatic heterocycles. The quantitative estimate of drug-likeness (QED) is 0.399. The zero-order valence-electron chi connectivity index (χ0n) is 19.8. The summed E-state index contributed by atoms with van der Waals surface area (Å²) in [6, 6.07) is 15.6. The third-order valence-corrected chi connectivity index (χ3v) is 8.85. The smallest absolute Gasteiger partial charge is 0.124 e. The van der Waals surface area contributed by atoms with Crippen molar-refractivity contribution in [1.29, 1.82) is 0 Å². The Morgan fingerprint density at radius 3 is 2.71 bits per heavy atom. The van der Waals surface area contributed by atoms with E-state index in [2.05, 4.69) is 22.5 Å². The maximum absolute atomic E-state index is 11.4. The van der Waals surface area contributed by atoms with Gasteiger partial charge in [0.1, 0.15) is 11.9 Å². The highest BCUT2D eigenvalue weighted by molar-refractivity contribution is 8.26. The van der Waals surface area contributed by atoms with Gasteiger partial charge in [-0.25, -0.2) is 0 Å². The van der Waals surface area contributed by atoms with Gasteiger partial charge in [0.25, 0.3) is 0 Å². The van der Waals surface area contributed by atoms with Crippen LogP contribution in [0.15, 0.2) is 72.3 Å². The van der Waals surface area contributed by atoms with Crippen LogP contribution in [0.4, 0.5) is 0 Å². The first-order valence-electron chi connectivity index (χ1n) is 11.8. The van der Waals surface area contributed by atoms with E-state index < -0.39 is 16.7 Å². The van der Waals surface area contributed by atoms with Gasteiger partial charge >= 0.3 is 0 Å². The molecule has 3 aromatic rings. The second-order valence-corrected chi connectivity index (χ2v) is 11.2. The number of fused-ring (bicyclic) bond motifs is 4. The molecule has 2 radical (unpaired) electrons. The highest BCUT2D eigenvalue weighted by Crippen LogP contribution is 2.57. The van der Waals surface area contributed by atoms with Crippen LogP contribution in [0.5, 0.6) is 5.75 Å². The van der Waals surface area contributed by atoms with Crippen molar-refractivity contribution in [2.45, 2.75) is 36.8 Å². The predicted octanol–water partition coefficient (Wildman–Crippen LogP) is 6.43. The van der Waals surface area contributed by atoms with Gasteiger partial charge in [-0.1, -0.05) is 23.8 Å². The molecular formula is C28H32N2O3S. The average molecular weight is 477 g/mol. The minimum absolute atomic E-state index is 0.0970. The number of nitrogens with zero attached hydrogens (tertiary/aromatic N) is 2. The fourth-order valence-corrected chi connectivity index (χ4v) is 6.67. The molecule has 2 bridgehead atoms. The van der Waals surface area contributed by atoms with Crippen LogP contribution in [-0.4, -0.2) is 40.7 Å². The van der Waals surface area contributed by atoms with Gasteiger partial charge in [-0.15, -0.1) is 6.58 Å². The van der Waals surface area contributed by atoms with E-state index in [9.17, 15) is 4.55 Å². The van der Waals surface area contributed by atoms with Crippen molar-refractivity contribution in [1.82, 2.24) is 9.88 Å². The van der Waals surface area contributed by atoms with E-state index in [-0.39, 0.29) is 6.04 Å². The first-order chi connectivity index (χ1) is 16.4. The van der Waals surface area contributed by atoms with Gasteiger partial charge in [0.05, 0.1) is 23.8 Å². The summed E-state index contributed by atoms with van der Waals surface area (Å²) in [5, 5.41) is 0.953. The van der Waals surface area contributed by atoms with Crippen LogP contribution in [0.3, 0.4) is 0 Å². The third-order valence-electron chi connectivity index (χ3n) is 7.40. The maximum Gasteiger partial charge on any atom is 0.124 e. The Balaban J connectivity index is 1.59. The summed E-state index contributed by atoms with van der Waals surface area (Å²) < 4.78 is 23.5. The van der Waals surface area contributed by atoms with E-state index in [0.29, 0.717) is 16.7 Å². The Bertz CT molecular complexity index is 1180. The molecule has 0 saturated carbocycles. The molecular weight excluding hydrogens is 444 g/mol. The number of ether oxygens (including phenoxy) is 1. The molecule has 5 unspecified atom stereocenters. The summed E-state index contributed by atoms with van der Waals surface area (Å²) in [5.41, 5.74) is 2.94. The van der Waals surface area contributed by atoms with Crippen LogP contribution < -0.4 is 4.74 Å². The van der Waals surface area contributed by atoms with Crippen molar-refractivity contribution in [3.63, 3.8) is 0 Å². The van der Waals surface area contributed by atoms with Crippen LogP contribution in [0, 0.1) is 25.0 Å². The standard InChI is InChI=1S/C28H32N2O3S/c1-5-20-18-30-15-13-21(20)16-27(30)28(33-34(4,31)23-9-6-19(2)7-10-23)24-12-14-29-26-11-8-22(32-3)17-25(24)26/h4-12,14,17,20-21,27-28,31H,1,13,15-16,18H2,2-3H3/t20?,21?,27?,28-/m1/s1. The highest BCUT2D eigenvalue weighted by atomic mass is 32.3. The third kappa shape index (κ3) is 4.36. The lowest BCUT2D eigenvalue weighted by Gasteiger charge is -2.52. The topological polar surface area (TPSA) is 54.8 Å². The van der Waals surface area contributed by atoms with E-state index in [1.807, 2.05) is 55.5 Å². The van der Waals surface area contributed by atoms with Crippen LogP contribution in [0.2, 0.25) is 0 Å². The van der Waals surface area contributed by atoms with Crippen molar-refractivity contribution < 1.29 is 13.5 Å². The lowest BCUT2D eigenvalue weighted by atomic mass is 9.73. The molecule has 3 aliphatic heterocycles. The monoisotopic (exact) mass is 476 g/mol. The van der Waals surface area contributed by atoms with Crippen molar-refractivity contribution in [2.24, 2.45) is 11.8 Å². The number of hydrogen-bond acceptors (Lipinski definition) is 5. The van der Waals surface area contributed by atoms with E-state index in [1.54, 1.807) is 13.3 Å². The zero-order chi connectivity index (χ0) is 23.9. The van der Waals surface area contributed by atoms with Crippen LogP contribution in [-0.2, 0) is 4.18 Å². The Morgan fingerprint density at radius 1 is 1.24 bits per heavy atom. The number of piperidine rings is 3. The second-order valence-electron chi connectivity index (χ2n) is 9.43. The fraction of sp³-hybridized carbons (Fsp3) is 0.357. The Hall–Kier alpha value is -2.38. The number of pyridine rings is 1. The van der Waals surface area contributed by atoms with E-state index in [0.717, 1.165) is 53.7 Å². The summed E-state index contributed by atoms with van der Waals surface area (Å²) in [5.74, 6) is 1.80. The molecule has 2 aromatic carbocycles. The molecule has 6 rings (SSSR count). The molecule has 6 atom stereocenters. The van der Waals surface area contributed by atoms with Gasteiger partial charge in [-0.05, 0) is 80.1 Å². The molecule has 3 fully saturated rings. The van der Waals surface area contributed by atoms with Crippen molar-refractivity contribution >= 4 is 21.5 Å². The molecule has 0 spiro atoms. The number of methoxy groups -OCH3 is 1. The highest BCUT2D eigenvalue weighted by Gasteiger charge is 2.44. The van der Waals surface area contributed by atoms with Gasteiger partial charge in [-0.2, -0.15) is 10.6 Å². The lowest BCUT2D eigenvalue weighted by molar-refractivity contribution is -0.0339. The predicted molar refractivity (Wildman–Crippen MR) is 138 cm³/mol. The Labute approximate surface area is 204 Å². The molecule has 0 amide bonds. The van der Waals surface area contributed by atoms with Gasteiger partial charge in [-0.3, -0.25) is 18.6 Å². The second kappa shape index (κ2) is 9.34. The summed E-state index contributed by atoms with van der Waals surface area (Å²) in [6.07, 6.45) is 12.1. The van der Waals surface area contributed by atoms with Crippen LogP contribution in [0.25, 0.3) is 10.9 Å². The van der Waals surface area contributed by atoms with E-state index in [4.69, 9.17) is 15.2 Å². The normalized spacial score (nSPS) is 27.6. The van der Waals surface area contributed by atoms with Gasteiger partial charge in [0.2, 0.25) is 0 Å². The van der Waals surface area contributed by atoms with Gasteiger partial charge in [0.15, 0.2) is 0 Å². The average Bonchev–Trinajstić information content (AvgIpc) is 2.87. The molecule has 6 heteroatoms. The largest absolute Gasteiger partial charge is 0.497 e. The molecule has 1 N–H and O–H groups in total. The van der Waals surface area contributed by atoms with Crippen LogP contribution in [0.1, 0.15) is 30.1 Å². The summed E-state index contributed by atoms with van der Waals surface area (Å²) in [6.45, 7) is 8.03. The summed E-state index contributed by atoms with van der Waals surface area (Å²) in [4.78, 5) is 7.65. The first-order valence-corrected chi connectivity index (χ1v) is 13.3. The molecule has 5 nitrogen and oxygen atoms in total. The summed E-state index contributed by atoms with van der Waals surface area (Å²) in [7, 11) is -1.33. The van der Waals surface area contributed by atoms with Crippen molar-refractivity contribution in [2.75, 3.05) is 20.2 Å². The molecule has 3 aliphatic rings. The molecule has 34 heavy (non-hydrogen) atoms. The number of hydrogen-bond donors (Lipinski definition) is 1. The molecule has 0 aliphatic carbocycles. The fourth-order valence-electron chi connectivity index (χ4n) is 5.48. The lowest BCUT2D eigenvalue weighted by Crippen LogP contribution is -2.55. The minimum Gasteiger partial charge on any atom is -0.497 e. The van der Waals surface area contributed by atoms with Gasteiger partial charge < -0.3 is 4.74 Å². The number of aryl methyl sites for hydroxylation is 1. The number of aromatic nitrogens is 1. The Morgan fingerprint density at radius 2 is 2.03 bits per heavy atom. The molecule has 3 saturated heterocycles. The number of rotatable bonds is 7. The number of benzene rings is 2. The van der Waals surface area contributed by atoms with E-state index in [1.165, 1.54) is 0 Å². The molecule has 4 heterocycles.